The van der Waals surface area contributed by atoms with Crippen molar-refractivity contribution in [2.45, 2.75) is 42.9 Å². The minimum absolute atomic E-state index is 0.0618. The summed E-state index contributed by atoms with van der Waals surface area (Å²) in [7, 11) is -10.6. The number of ether oxygens (including phenoxy) is 2. The van der Waals surface area contributed by atoms with Crippen LogP contribution in [0.1, 0.15) is 6.23 Å². The monoisotopic (exact) mass is 724 g/mol. The Balaban J connectivity index is 1.05. The number of aromatic nitrogens is 6. The van der Waals surface area contributed by atoms with Crippen LogP contribution in [-0.4, -0.2) is 99.4 Å². The molecule has 3 aliphatic heterocycles. The van der Waals surface area contributed by atoms with Gasteiger partial charge in [-0.2, -0.15) is 9.29 Å². The molecule has 250 valence electrons. The fourth-order valence-corrected chi connectivity index (χ4v) is 7.54. The highest BCUT2D eigenvalue weighted by molar-refractivity contribution is 7.88. The van der Waals surface area contributed by atoms with E-state index in [1.807, 2.05) is 0 Å². The summed E-state index contributed by atoms with van der Waals surface area (Å²) in [4.78, 5) is 51.2. The van der Waals surface area contributed by atoms with Crippen LogP contribution in [0.15, 0.2) is 27.3 Å². The van der Waals surface area contributed by atoms with Crippen molar-refractivity contribution < 1.29 is 52.0 Å². The zero-order chi connectivity index (χ0) is 33.1. The summed E-state index contributed by atoms with van der Waals surface area (Å²) in [6.07, 6.45) is -5.54. The van der Waals surface area contributed by atoms with Crippen LogP contribution < -0.4 is 27.7 Å². The Labute approximate surface area is 267 Å². The lowest BCUT2D eigenvalue weighted by Crippen LogP contribution is -2.52. The molecule has 0 amide bonds. The second-order valence-electron chi connectivity index (χ2n) is 10.00. The predicted octanol–water partition coefficient (Wildman–Crippen LogP) is -1.35. The number of nitrogens with two attached hydrogens (primary N) is 2. The molecule has 0 spiro atoms. The summed E-state index contributed by atoms with van der Waals surface area (Å²) < 4.78 is 51.9. The number of thiol groups is 2. The number of phosphoric acid groups is 2. The first-order valence-corrected chi connectivity index (χ1v) is 16.8. The summed E-state index contributed by atoms with van der Waals surface area (Å²) in [5.74, 6) is -0.0188. The highest BCUT2D eigenvalue weighted by atomic mass is 32.1. The Morgan fingerprint density at radius 1 is 1.00 bits per heavy atom. The number of phosphoric ester groups is 2. The maximum Gasteiger partial charge on any atom is 0.481 e. The Kier molecular flexibility index (Phi) is 8.86. The van der Waals surface area contributed by atoms with Crippen LogP contribution >= 0.6 is 40.9 Å². The SMILES string of the molecule is Nc1nc2c(c(=O)[nH]1)N[C@H]1C(S)=C(S)[C@@H](COP(=O)(O)OP(=O)(O)OC[C@H]3O[C@@H](n4cnc5c(N)ncnc54)[C@H](O)[C@@H]3O)O[C@H]1N2. The normalized spacial score (nSPS) is 30.2. The topological polar surface area (TPSA) is 327 Å². The summed E-state index contributed by atoms with van der Waals surface area (Å²) in [6, 6.07) is -0.723. The largest absolute Gasteiger partial charge is 0.481 e. The average molecular weight is 725 g/mol. The number of aliphatic hydroxyl groups is 2. The molecule has 6 rings (SSSR count). The molecule has 0 saturated carbocycles. The number of hydrogen-bond acceptors (Lipinski definition) is 20. The second-order valence-corrected chi connectivity index (χ2v) is 14.0. The summed E-state index contributed by atoms with van der Waals surface area (Å²) in [5, 5.41) is 26.8. The third-order valence-electron chi connectivity index (χ3n) is 6.99. The van der Waals surface area contributed by atoms with E-state index in [2.05, 4.69) is 65.1 Å². The van der Waals surface area contributed by atoms with Crippen molar-refractivity contribution in [3.8, 4) is 0 Å². The van der Waals surface area contributed by atoms with Crippen LogP contribution in [0.25, 0.3) is 11.2 Å². The third-order valence-corrected chi connectivity index (χ3v) is 10.8. The highest BCUT2D eigenvalue weighted by Gasteiger charge is 2.47. The Morgan fingerprint density at radius 3 is 2.46 bits per heavy atom. The lowest BCUT2D eigenvalue weighted by molar-refractivity contribution is -0.0506. The van der Waals surface area contributed by atoms with Crippen molar-refractivity contribution in [3.63, 3.8) is 0 Å². The maximum absolute atomic E-state index is 12.6. The van der Waals surface area contributed by atoms with E-state index in [0.29, 0.717) is 0 Å². The number of anilines is 4. The van der Waals surface area contributed by atoms with Gasteiger partial charge in [-0.15, -0.1) is 25.3 Å². The molecule has 3 aromatic heterocycles. The molecule has 0 radical (unpaired) electrons. The first kappa shape index (κ1) is 33.1. The first-order chi connectivity index (χ1) is 21.6. The molecular formula is C20H26N10O12P2S2. The molecule has 9 atom stereocenters. The molecule has 0 bridgehead atoms. The number of aromatic amines is 1. The number of nitrogens with one attached hydrogen (secondary N) is 3. The van der Waals surface area contributed by atoms with Crippen molar-refractivity contribution in [2.24, 2.45) is 0 Å². The summed E-state index contributed by atoms with van der Waals surface area (Å²) in [5.41, 5.74) is 11.3. The Bertz CT molecular complexity index is 1860. The molecule has 11 N–H and O–H groups in total. The molecule has 0 aromatic carbocycles. The zero-order valence-corrected chi connectivity index (χ0v) is 26.4. The highest BCUT2D eigenvalue weighted by Crippen LogP contribution is 2.61. The number of nitrogens with zero attached hydrogens (tertiary/aromatic N) is 5. The Hall–Kier alpha value is -2.83. The molecule has 3 aromatic rings. The maximum atomic E-state index is 12.6. The van der Waals surface area contributed by atoms with Crippen molar-refractivity contribution in [2.75, 3.05) is 35.3 Å². The van der Waals surface area contributed by atoms with Crippen molar-refractivity contribution in [1.82, 2.24) is 29.5 Å². The first-order valence-electron chi connectivity index (χ1n) is 12.9. The average Bonchev–Trinajstić information content (AvgIpc) is 3.53. The van der Waals surface area contributed by atoms with Gasteiger partial charge < -0.3 is 51.6 Å². The molecule has 46 heavy (non-hydrogen) atoms. The van der Waals surface area contributed by atoms with E-state index in [0.717, 1.165) is 6.33 Å². The van der Waals surface area contributed by atoms with Gasteiger partial charge in [-0.3, -0.25) is 23.4 Å². The van der Waals surface area contributed by atoms with Crippen LogP contribution in [0.4, 0.5) is 23.3 Å². The lowest BCUT2D eigenvalue weighted by atomic mass is 10.1. The predicted molar refractivity (Wildman–Crippen MR) is 162 cm³/mol. The van der Waals surface area contributed by atoms with Crippen LogP contribution in [0.5, 0.6) is 0 Å². The van der Waals surface area contributed by atoms with Crippen LogP contribution in [0.2, 0.25) is 0 Å². The molecule has 1 fully saturated rings. The van der Waals surface area contributed by atoms with Gasteiger partial charge in [-0.05, 0) is 0 Å². The summed E-state index contributed by atoms with van der Waals surface area (Å²) in [6.45, 7) is -1.58. The quantitative estimate of drug-likeness (QED) is 0.0897. The van der Waals surface area contributed by atoms with Gasteiger partial charge in [0.2, 0.25) is 5.95 Å². The minimum atomic E-state index is -5.33. The van der Waals surface area contributed by atoms with E-state index < -0.39 is 77.3 Å². The minimum Gasteiger partial charge on any atom is -0.387 e. The van der Waals surface area contributed by atoms with E-state index in [9.17, 15) is 33.9 Å². The smallest absolute Gasteiger partial charge is 0.387 e. The number of fused-ring (bicyclic) bond motifs is 3. The number of H-pyrrole nitrogens is 1. The summed E-state index contributed by atoms with van der Waals surface area (Å²) >= 11 is 8.76. The van der Waals surface area contributed by atoms with Crippen LogP contribution in [-0.2, 0) is 32.0 Å². The molecule has 3 aliphatic rings. The van der Waals surface area contributed by atoms with Gasteiger partial charge in [-0.1, -0.05) is 0 Å². The van der Waals surface area contributed by atoms with E-state index in [4.69, 9.17) is 30.0 Å². The van der Waals surface area contributed by atoms with Crippen LogP contribution in [0, 0.1) is 0 Å². The van der Waals surface area contributed by atoms with E-state index in [1.165, 1.54) is 10.9 Å². The van der Waals surface area contributed by atoms with E-state index in [-0.39, 0.29) is 44.2 Å². The number of aliphatic hydroxyl groups excluding tert-OH is 2. The molecule has 6 heterocycles. The van der Waals surface area contributed by atoms with Gasteiger partial charge in [0.05, 0.1) is 19.5 Å². The van der Waals surface area contributed by atoms with E-state index in [1.54, 1.807) is 0 Å². The molecular weight excluding hydrogens is 698 g/mol. The number of imidazole rings is 1. The number of rotatable bonds is 9. The fourth-order valence-electron chi connectivity index (χ4n) is 4.85. The standard InChI is InChI=1S/C20H26N10O12P2S2/c21-14-8-16(24-3-23-14)30(4-25-8)19-11(32)10(31)5(41-19)1-38-43(34,35)42-44(36,37)39-2-6-12(45)13(46)7-18(40-6)27-15-9(26-7)17(33)29-20(22)28-15/h3-7,10-11,18-19,26,31-32,45-46H,1-2H2,(H,34,35)(H,36,37)(H2,21,23,24)(H4,22,27,28,29,33)/t5-,6-,7+,10-,11-,18-,19-/m1/s1. The second kappa shape index (κ2) is 12.3. The molecule has 22 nitrogen and oxygen atoms in total. The number of nitrogen functional groups attached to an aromatic ring is 2. The molecule has 0 aliphatic carbocycles. The van der Waals surface area contributed by atoms with Crippen LogP contribution in [0.3, 0.4) is 0 Å². The van der Waals surface area contributed by atoms with Crippen molar-refractivity contribution in [3.05, 3.63) is 32.8 Å². The molecule has 1 saturated heterocycles. The number of hydrogen-bond donors (Lipinski definition) is 11. The van der Waals surface area contributed by atoms with Gasteiger partial charge in [0.15, 0.2) is 29.7 Å². The molecule has 26 heteroatoms. The lowest BCUT2D eigenvalue weighted by Gasteiger charge is -2.41. The van der Waals surface area contributed by atoms with Crippen molar-refractivity contribution >= 4 is 75.3 Å². The van der Waals surface area contributed by atoms with Gasteiger partial charge >= 0.3 is 15.6 Å². The third kappa shape index (κ3) is 6.36. The van der Waals surface area contributed by atoms with Crippen molar-refractivity contribution in [1.29, 1.82) is 0 Å². The van der Waals surface area contributed by atoms with Gasteiger partial charge in [0, 0.05) is 9.81 Å². The van der Waals surface area contributed by atoms with E-state index >= 15 is 0 Å². The Morgan fingerprint density at radius 2 is 1.72 bits per heavy atom. The zero-order valence-electron chi connectivity index (χ0n) is 22.8. The molecule has 2 unspecified atom stereocenters. The van der Waals surface area contributed by atoms with Gasteiger partial charge in [0.25, 0.3) is 5.56 Å². The van der Waals surface area contributed by atoms with Gasteiger partial charge in [0.1, 0.15) is 48.0 Å². The fraction of sp³-hybridized carbons (Fsp3) is 0.450. The van der Waals surface area contributed by atoms with Gasteiger partial charge in [-0.25, -0.2) is 24.1 Å².